The monoisotopic (exact) mass is 198 g/mol. The molecule has 0 spiro atoms. The Hall–Kier alpha value is 0.0700. The number of carbonyl (C=O) groups excluding carboxylic acids is 1. The van der Waals surface area contributed by atoms with E-state index in [2.05, 4.69) is 17.9 Å². The zero-order valence-corrected chi connectivity index (χ0v) is 8.63. The van der Waals surface area contributed by atoms with E-state index < -0.39 is 10.8 Å². The lowest BCUT2D eigenvalue weighted by molar-refractivity contribution is -0.122. The van der Waals surface area contributed by atoms with Crippen LogP contribution in [0.2, 0.25) is 0 Å². The first-order valence-corrected chi connectivity index (χ1v) is 3.54. The molecule has 1 atom stereocenters. The lowest BCUT2D eigenvalue weighted by atomic mass is 10.0. The highest BCUT2D eigenvalue weighted by Gasteiger charge is 2.27. The lowest BCUT2D eigenvalue weighted by Crippen LogP contribution is -2.49. The predicted molar refractivity (Wildman–Crippen MR) is 52.4 cm³/mol. The highest BCUT2D eigenvalue weighted by molar-refractivity contribution is 7.81. The minimum atomic E-state index is -0.555. The Labute approximate surface area is 78.9 Å². The van der Waals surface area contributed by atoms with E-state index in [1.54, 1.807) is 20.9 Å². The number of thiol groups is 1. The van der Waals surface area contributed by atoms with Gasteiger partial charge in [-0.25, -0.2) is 0 Å². The van der Waals surface area contributed by atoms with E-state index in [4.69, 9.17) is 5.73 Å². The van der Waals surface area contributed by atoms with Gasteiger partial charge in [0.2, 0.25) is 5.91 Å². The number of nitrogens with two attached hydrogens (primary N) is 1. The minimum absolute atomic E-state index is 0. The molecular formula is C6H15ClN2OS. The summed E-state index contributed by atoms with van der Waals surface area (Å²) < 4.78 is -0.458. The molecular weight excluding hydrogens is 184 g/mol. The molecule has 0 radical (unpaired) electrons. The van der Waals surface area contributed by atoms with Crippen LogP contribution in [0.4, 0.5) is 0 Å². The smallest absolute Gasteiger partial charge is 0.238 e. The zero-order valence-electron chi connectivity index (χ0n) is 6.92. The molecule has 3 N–H and O–H groups in total. The predicted octanol–water partition coefficient (Wildman–Crippen LogP) is 0.190. The van der Waals surface area contributed by atoms with Crippen molar-refractivity contribution in [1.29, 1.82) is 0 Å². The summed E-state index contributed by atoms with van der Waals surface area (Å²) in [5.74, 6) is -0.181. The van der Waals surface area contributed by atoms with Crippen LogP contribution in [0.25, 0.3) is 0 Å². The highest BCUT2D eigenvalue weighted by Crippen LogP contribution is 2.15. The van der Waals surface area contributed by atoms with Crippen LogP contribution in [0, 0.1) is 0 Å². The molecule has 0 unspecified atom stereocenters. The molecule has 0 fully saturated rings. The Morgan fingerprint density at radius 3 is 2.09 bits per heavy atom. The quantitative estimate of drug-likeness (QED) is 0.555. The molecule has 68 valence electrons. The first-order valence-electron chi connectivity index (χ1n) is 3.09. The Balaban J connectivity index is 0. The number of hydrogen-bond acceptors (Lipinski definition) is 3. The van der Waals surface area contributed by atoms with Crippen LogP contribution in [0.1, 0.15) is 13.8 Å². The molecule has 0 aromatic rings. The van der Waals surface area contributed by atoms with E-state index >= 15 is 0 Å². The molecule has 5 heteroatoms. The van der Waals surface area contributed by atoms with Crippen molar-refractivity contribution in [3.05, 3.63) is 0 Å². The van der Waals surface area contributed by atoms with Crippen molar-refractivity contribution < 1.29 is 4.79 Å². The highest BCUT2D eigenvalue weighted by atomic mass is 35.5. The maximum absolute atomic E-state index is 10.9. The summed E-state index contributed by atoms with van der Waals surface area (Å²) in [4.78, 5) is 10.9. The molecule has 3 nitrogen and oxygen atoms in total. The van der Waals surface area contributed by atoms with Gasteiger partial charge in [0.15, 0.2) is 0 Å². The van der Waals surface area contributed by atoms with Crippen molar-refractivity contribution in [3.8, 4) is 0 Å². The molecule has 0 aliphatic heterocycles. The van der Waals surface area contributed by atoms with Gasteiger partial charge in [0.25, 0.3) is 0 Å². The third-order valence-corrected chi connectivity index (χ3v) is 1.57. The van der Waals surface area contributed by atoms with Gasteiger partial charge in [-0.1, -0.05) is 0 Å². The summed E-state index contributed by atoms with van der Waals surface area (Å²) in [6.45, 7) is 3.60. The fourth-order valence-corrected chi connectivity index (χ4v) is 0.594. The second-order valence-corrected chi connectivity index (χ2v) is 3.90. The van der Waals surface area contributed by atoms with Crippen LogP contribution in [0.3, 0.4) is 0 Å². The molecule has 0 saturated carbocycles. The number of likely N-dealkylation sites (N-methyl/N-ethyl adjacent to an activating group) is 1. The summed E-state index contributed by atoms with van der Waals surface area (Å²) in [6, 6.07) is -0.555. The third kappa shape index (κ3) is 4.50. The van der Waals surface area contributed by atoms with Crippen molar-refractivity contribution in [2.75, 3.05) is 7.05 Å². The SMILES string of the molecule is CNC(=O)[C@@H](N)C(C)(C)S.Cl. The largest absolute Gasteiger partial charge is 0.358 e. The van der Waals surface area contributed by atoms with Gasteiger partial charge in [-0.2, -0.15) is 12.6 Å². The van der Waals surface area contributed by atoms with E-state index in [-0.39, 0.29) is 18.3 Å². The summed E-state index contributed by atoms with van der Waals surface area (Å²) in [5.41, 5.74) is 5.52. The van der Waals surface area contributed by atoms with E-state index in [0.717, 1.165) is 0 Å². The molecule has 0 aromatic carbocycles. The van der Waals surface area contributed by atoms with E-state index in [9.17, 15) is 4.79 Å². The zero-order chi connectivity index (χ0) is 8.36. The molecule has 0 rings (SSSR count). The first kappa shape index (κ1) is 13.6. The van der Waals surface area contributed by atoms with Gasteiger partial charge in [-0.15, -0.1) is 12.4 Å². The van der Waals surface area contributed by atoms with Crippen LogP contribution in [-0.2, 0) is 4.79 Å². The van der Waals surface area contributed by atoms with Crippen molar-refractivity contribution in [3.63, 3.8) is 0 Å². The summed E-state index contributed by atoms with van der Waals surface area (Å²) in [5, 5.41) is 2.46. The van der Waals surface area contributed by atoms with Gasteiger partial charge in [0, 0.05) is 11.8 Å². The number of carbonyl (C=O) groups is 1. The Morgan fingerprint density at radius 2 is 2.00 bits per heavy atom. The summed E-state index contributed by atoms with van der Waals surface area (Å²) in [6.07, 6.45) is 0. The van der Waals surface area contributed by atoms with Crippen LogP contribution in [0.15, 0.2) is 0 Å². The standard InChI is InChI=1S/C6H14N2OS.ClH/c1-6(2,10)4(7)5(9)8-3;/h4,10H,7H2,1-3H3,(H,8,9);1H/t4-;/m1./s1. The molecule has 0 bridgehead atoms. The normalized spacial score (nSPS) is 13.2. The Bertz CT molecular complexity index is 135. The maximum atomic E-state index is 10.9. The Morgan fingerprint density at radius 1 is 1.64 bits per heavy atom. The van der Waals surface area contributed by atoms with E-state index in [1.165, 1.54) is 0 Å². The molecule has 0 aromatic heterocycles. The second-order valence-electron chi connectivity index (χ2n) is 2.75. The van der Waals surface area contributed by atoms with E-state index in [1.807, 2.05) is 0 Å². The molecule has 0 aliphatic carbocycles. The molecule has 11 heavy (non-hydrogen) atoms. The van der Waals surface area contributed by atoms with Gasteiger partial charge in [0.05, 0.1) is 6.04 Å². The number of hydrogen-bond donors (Lipinski definition) is 3. The number of halogens is 1. The van der Waals surface area contributed by atoms with E-state index in [0.29, 0.717) is 0 Å². The third-order valence-electron chi connectivity index (χ3n) is 1.29. The van der Waals surface area contributed by atoms with Crippen molar-refractivity contribution in [1.82, 2.24) is 5.32 Å². The fourth-order valence-electron chi connectivity index (χ4n) is 0.476. The summed E-state index contributed by atoms with van der Waals surface area (Å²) in [7, 11) is 1.56. The average Bonchev–Trinajstić information content (AvgIpc) is 1.83. The number of rotatable bonds is 2. The topological polar surface area (TPSA) is 55.1 Å². The van der Waals surface area contributed by atoms with Crippen molar-refractivity contribution in [2.45, 2.75) is 24.6 Å². The van der Waals surface area contributed by atoms with Gasteiger partial charge in [-0.05, 0) is 13.8 Å². The fraction of sp³-hybridized carbons (Fsp3) is 0.833. The van der Waals surface area contributed by atoms with Crippen molar-refractivity contribution in [2.24, 2.45) is 5.73 Å². The molecule has 0 saturated heterocycles. The van der Waals surface area contributed by atoms with Crippen molar-refractivity contribution >= 4 is 30.9 Å². The van der Waals surface area contributed by atoms with Crippen LogP contribution in [-0.4, -0.2) is 23.7 Å². The Kier molecular flexibility index (Phi) is 6.02. The number of amides is 1. The van der Waals surface area contributed by atoms with Gasteiger partial charge in [-0.3, -0.25) is 4.79 Å². The molecule has 0 heterocycles. The van der Waals surface area contributed by atoms with Gasteiger partial charge >= 0.3 is 0 Å². The molecule has 1 amide bonds. The average molecular weight is 199 g/mol. The van der Waals surface area contributed by atoms with Gasteiger partial charge in [0.1, 0.15) is 0 Å². The first-order chi connectivity index (χ1) is 4.39. The maximum Gasteiger partial charge on any atom is 0.238 e. The van der Waals surface area contributed by atoms with Crippen LogP contribution in [0.5, 0.6) is 0 Å². The summed E-state index contributed by atoms with van der Waals surface area (Å²) >= 11 is 4.16. The lowest BCUT2D eigenvalue weighted by Gasteiger charge is -2.23. The van der Waals surface area contributed by atoms with Crippen LogP contribution >= 0.6 is 25.0 Å². The second kappa shape index (κ2) is 4.85. The molecule has 0 aliphatic rings. The van der Waals surface area contributed by atoms with Gasteiger partial charge < -0.3 is 11.1 Å². The number of nitrogens with one attached hydrogen (secondary N) is 1. The van der Waals surface area contributed by atoms with Crippen LogP contribution < -0.4 is 11.1 Å². The minimum Gasteiger partial charge on any atom is -0.358 e.